The molecule has 1 atom stereocenters. The lowest BCUT2D eigenvalue weighted by molar-refractivity contribution is 0.402. The number of hydrogen-bond donors (Lipinski definition) is 1. The number of hydrogen-bond acceptors (Lipinski definition) is 3. The van der Waals surface area contributed by atoms with E-state index < -0.39 is 10.0 Å². The van der Waals surface area contributed by atoms with E-state index in [2.05, 4.69) is 9.62 Å². The van der Waals surface area contributed by atoms with E-state index >= 15 is 0 Å². The summed E-state index contributed by atoms with van der Waals surface area (Å²) in [5, 5.41) is 0. The minimum absolute atomic E-state index is 0.0376. The first-order chi connectivity index (χ1) is 8.82. The third kappa shape index (κ3) is 6.27. The van der Waals surface area contributed by atoms with E-state index in [1.165, 1.54) is 0 Å². The van der Waals surface area contributed by atoms with Crippen LogP contribution in [0.25, 0.3) is 0 Å². The van der Waals surface area contributed by atoms with E-state index in [9.17, 15) is 8.42 Å². The predicted molar refractivity (Wildman–Crippen MR) is 81.1 cm³/mol. The van der Waals surface area contributed by atoms with Crippen LogP contribution in [0.3, 0.4) is 0 Å². The Labute approximate surface area is 120 Å². The fraction of sp³-hybridized carbons (Fsp3) is 0.538. The minimum atomic E-state index is -3.33. The van der Waals surface area contributed by atoms with Gasteiger partial charge in [-0.25, -0.2) is 8.42 Å². The zero-order chi connectivity index (χ0) is 14.5. The molecule has 0 aromatic heterocycles. The Balaban J connectivity index is 2.67. The van der Waals surface area contributed by atoms with Crippen LogP contribution < -0.4 is 4.72 Å². The van der Waals surface area contributed by atoms with E-state index in [0.29, 0.717) is 11.6 Å². The number of halogens is 1. The highest BCUT2D eigenvalue weighted by Gasteiger charge is 2.15. The van der Waals surface area contributed by atoms with Crippen molar-refractivity contribution in [3.63, 3.8) is 0 Å². The van der Waals surface area contributed by atoms with Crippen LogP contribution in [-0.4, -0.2) is 39.0 Å². The second-order valence-electron chi connectivity index (χ2n) is 5.08. The van der Waals surface area contributed by atoms with Gasteiger partial charge in [-0.2, -0.15) is 0 Å². The van der Waals surface area contributed by atoms with Gasteiger partial charge in [0, 0.05) is 18.1 Å². The quantitative estimate of drug-likeness (QED) is 0.787. The van der Waals surface area contributed by atoms with Crippen LogP contribution in [-0.2, 0) is 16.6 Å². The number of benzene rings is 1. The van der Waals surface area contributed by atoms with Crippen molar-refractivity contribution in [1.29, 1.82) is 0 Å². The van der Waals surface area contributed by atoms with Gasteiger partial charge in [0.2, 0.25) is 10.0 Å². The normalized spacial score (nSPS) is 13.5. The van der Waals surface area contributed by atoms with Gasteiger partial charge < -0.3 is 4.90 Å². The average Bonchev–Trinajstić information content (AvgIpc) is 2.30. The fourth-order valence-corrected chi connectivity index (χ4v) is 3.37. The van der Waals surface area contributed by atoms with Crippen molar-refractivity contribution < 1.29 is 8.42 Å². The van der Waals surface area contributed by atoms with E-state index in [4.69, 9.17) is 11.6 Å². The molecule has 0 aliphatic heterocycles. The van der Waals surface area contributed by atoms with Gasteiger partial charge in [-0.3, -0.25) is 4.72 Å². The summed E-state index contributed by atoms with van der Waals surface area (Å²) >= 11 is 5.63. The molecule has 1 unspecified atom stereocenters. The summed E-state index contributed by atoms with van der Waals surface area (Å²) in [6.45, 7) is 2.64. The van der Waals surface area contributed by atoms with Gasteiger partial charge in [0.15, 0.2) is 0 Å². The first kappa shape index (κ1) is 16.3. The van der Waals surface area contributed by atoms with Gasteiger partial charge in [-0.1, -0.05) is 19.1 Å². The lowest BCUT2D eigenvalue weighted by Crippen LogP contribution is -2.22. The van der Waals surface area contributed by atoms with E-state index in [1.54, 1.807) is 12.1 Å². The SMILES string of the molecule is CC(CCl)CS(=O)(=O)Nc1ccc(CN(C)C)cc1. The Hall–Kier alpha value is -0.780. The molecule has 108 valence electrons. The van der Waals surface area contributed by atoms with Gasteiger partial charge in [-0.15, -0.1) is 11.6 Å². The largest absolute Gasteiger partial charge is 0.305 e. The molecule has 0 radical (unpaired) electrons. The zero-order valence-corrected chi connectivity index (χ0v) is 13.1. The number of nitrogens with one attached hydrogen (secondary N) is 1. The summed E-state index contributed by atoms with van der Waals surface area (Å²) < 4.78 is 26.3. The Bertz CT molecular complexity index is 486. The highest BCUT2D eigenvalue weighted by atomic mass is 35.5. The van der Waals surface area contributed by atoms with E-state index in [-0.39, 0.29) is 11.7 Å². The van der Waals surface area contributed by atoms with Crippen LogP contribution in [0, 0.1) is 5.92 Å². The molecular formula is C13H21ClN2O2S. The number of alkyl halides is 1. The van der Waals surface area contributed by atoms with Crippen molar-refractivity contribution in [3.05, 3.63) is 29.8 Å². The molecule has 4 nitrogen and oxygen atoms in total. The fourth-order valence-electron chi connectivity index (χ4n) is 1.68. The molecule has 19 heavy (non-hydrogen) atoms. The summed E-state index contributed by atoms with van der Waals surface area (Å²) in [5.41, 5.74) is 1.73. The van der Waals surface area contributed by atoms with Crippen LogP contribution in [0.1, 0.15) is 12.5 Å². The zero-order valence-electron chi connectivity index (χ0n) is 11.6. The molecule has 0 bridgehead atoms. The smallest absolute Gasteiger partial charge is 0.233 e. The van der Waals surface area contributed by atoms with Crippen molar-refractivity contribution in [1.82, 2.24) is 4.90 Å². The highest BCUT2D eigenvalue weighted by molar-refractivity contribution is 7.92. The lowest BCUT2D eigenvalue weighted by atomic mass is 10.2. The molecule has 1 aromatic carbocycles. The lowest BCUT2D eigenvalue weighted by Gasteiger charge is -2.13. The maximum atomic E-state index is 11.9. The highest BCUT2D eigenvalue weighted by Crippen LogP contribution is 2.14. The van der Waals surface area contributed by atoms with E-state index in [1.807, 2.05) is 33.2 Å². The maximum absolute atomic E-state index is 11.9. The number of sulfonamides is 1. The monoisotopic (exact) mass is 304 g/mol. The molecular weight excluding hydrogens is 284 g/mol. The summed E-state index contributed by atoms with van der Waals surface area (Å²) in [4.78, 5) is 2.06. The summed E-state index contributed by atoms with van der Waals surface area (Å²) in [6.07, 6.45) is 0. The molecule has 0 spiro atoms. The van der Waals surface area contributed by atoms with Crippen molar-refractivity contribution in [2.24, 2.45) is 5.92 Å². The van der Waals surface area contributed by atoms with Gasteiger partial charge in [-0.05, 0) is 37.7 Å². The molecule has 6 heteroatoms. The second kappa shape index (κ2) is 7.12. The molecule has 1 rings (SSSR count). The van der Waals surface area contributed by atoms with Crippen molar-refractivity contribution in [2.75, 3.05) is 30.5 Å². The molecule has 1 N–H and O–H groups in total. The molecule has 1 aromatic rings. The van der Waals surface area contributed by atoms with Gasteiger partial charge >= 0.3 is 0 Å². The second-order valence-corrected chi connectivity index (χ2v) is 7.15. The third-order valence-electron chi connectivity index (χ3n) is 2.49. The third-order valence-corrected chi connectivity index (χ3v) is 4.57. The van der Waals surface area contributed by atoms with E-state index in [0.717, 1.165) is 12.1 Å². The molecule has 0 aliphatic carbocycles. The number of nitrogens with zero attached hydrogens (tertiary/aromatic N) is 1. The van der Waals surface area contributed by atoms with Gasteiger partial charge in [0.1, 0.15) is 0 Å². The Morgan fingerprint density at radius 1 is 1.26 bits per heavy atom. The van der Waals surface area contributed by atoms with Crippen molar-refractivity contribution >= 4 is 27.3 Å². The molecule has 0 fully saturated rings. The summed E-state index contributed by atoms with van der Waals surface area (Å²) in [5.74, 6) is 0.311. The molecule has 0 saturated carbocycles. The van der Waals surface area contributed by atoms with Crippen LogP contribution in [0.2, 0.25) is 0 Å². The molecule has 0 saturated heterocycles. The predicted octanol–water partition coefficient (Wildman–Crippen LogP) is 2.36. The van der Waals surface area contributed by atoms with Crippen LogP contribution >= 0.6 is 11.6 Å². The first-order valence-corrected chi connectivity index (χ1v) is 8.31. The average molecular weight is 305 g/mol. The van der Waals surface area contributed by atoms with Crippen LogP contribution in [0.5, 0.6) is 0 Å². The van der Waals surface area contributed by atoms with Gasteiger partial charge in [0.05, 0.1) is 5.75 Å². The Kier molecular flexibility index (Phi) is 6.10. The molecule has 0 heterocycles. The van der Waals surface area contributed by atoms with Crippen molar-refractivity contribution in [3.8, 4) is 0 Å². The topological polar surface area (TPSA) is 49.4 Å². The summed E-state index contributed by atoms with van der Waals surface area (Å²) in [6, 6.07) is 7.40. The van der Waals surface area contributed by atoms with Gasteiger partial charge in [0.25, 0.3) is 0 Å². The van der Waals surface area contributed by atoms with Crippen LogP contribution in [0.4, 0.5) is 5.69 Å². The number of rotatable bonds is 7. The minimum Gasteiger partial charge on any atom is -0.305 e. The standard InChI is InChI=1S/C13H21ClN2O2S/c1-11(8-14)10-19(17,18)15-13-6-4-12(5-7-13)9-16(2)3/h4-7,11,15H,8-10H2,1-3H3. The number of anilines is 1. The Morgan fingerprint density at radius 2 is 1.84 bits per heavy atom. The van der Waals surface area contributed by atoms with Crippen LogP contribution in [0.15, 0.2) is 24.3 Å². The summed E-state index contributed by atoms with van der Waals surface area (Å²) in [7, 11) is 0.654. The first-order valence-electron chi connectivity index (χ1n) is 6.12. The molecule has 0 aliphatic rings. The van der Waals surface area contributed by atoms with Crippen molar-refractivity contribution in [2.45, 2.75) is 13.5 Å². The maximum Gasteiger partial charge on any atom is 0.233 e. The Morgan fingerprint density at radius 3 is 2.32 bits per heavy atom. The molecule has 0 amide bonds.